The number of alkyl halides is 3. The van der Waals surface area contributed by atoms with Gasteiger partial charge < -0.3 is 25.0 Å². The number of rotatable bonds is 5. The van der Waals surface area contributed by atoms with E-state index in [-0.39, 0.29) is 17.9 Å². The van der Waals surface area contributed by atoms with Gasteiger partial charge >= 0.3 is 18.2 Å². The highest BCUT2D eigenvalue weighted by molar-refractivity contribution is 5.94. The Labute approximate surface area is 211 Å². The van der Waals surface area contributed by atoms with E-state index in [1.807, 2.05) is 15.4 Å². The van der Waals surface area contributed by atoms with Crippen LogP contribution in [0.25, 0.3) is 5.65 Å². The highest BCUT2D eigenvalue weighted by Gasteiger charge is 2.38. The molecular weight excluding hydrogens is 499 g/mol. The van der Waals surface area contributed by atoms with Crippen molar-refractivity contribution in [1.82, 2.24) is 34.6 Å². The first-order valence-electron chi connectivity index (χ1n) is 11.7. The van der Waals surface area contributed by atoms with Gasteiger partial charge in [0.25, 0.3) is 5.91 Å². The molecule has 2 aliphatic heterocycles. The first kappa shape index (κ1) is 28.1. The summed E-state index contributed by atoms with van der Waals surface area (Å²) in [5.74, 6) is -1.97. The van der Waals surface area contributed by atoms with E-state index in [1.165, 1.54) is 0 Å². The van der Waals surface area contributed by atoms with Crippen LogP contribution in [0.15, 0.2) is 18.3 Å². The zero-order chi connectivity index (χ0) is 27.2. The molecule has 1 atom stereocenters. The molecule has 2 saturated heterocycles. The molecule has 204 valence electrons. The van der Waals surface area contributed by atoms with Crippen molar-refractivity contribution in [2.45, 2.75) is 18.5 Å². The number of ether oxygens (including phenoxy) is 1. The monoisotopic (exact) mass is 529 g/mol. The number of morpholine rings is 1. The number of aliphatic carboxylic acids is 1. The maximum atomic E-state index is 12.6. The summed E-state index contributed by atoms with van der Waals surface area (Å²) >= 11 is 0. The van der Waals surface area contributed by atoms with E-state index in [1.54, 1.807) is 31.3 Å². The Balaban J connectivity index is 0.000000479. The highest BCUT2D eigenvalue weighted by atomic mass is 19.4. The Kier molecular flexibility index (Phi) is 9.26. The molecule has 0 bridgehead atoms. The van der Waals surface area contributed by atoms with E-state index < -0.39 is 12.1 Å². The van der Waals surface area contributed by atoms with Crippen molar-refractivity contribution >= 4 is 23.6 Å². The number of aromatic nitrogens is 3. The van der Waals surface area contributed by atoms with Gasteiger partial charge in [0.15, 0.2) is 5.65 Å². The van der Waals surface area contributed by atoms with Gasteiger partial charge in [0.1, 0.15) is 5.82 Å². The van der Waals surface area contributed by atoms with Crippen molar-refractivity contribution in [3.63, 3.8) is 0 Å². The Morgan fingerprint density at radius 2 is 1.84 bits per heavy atom. The lowest BCUT2D eigenvalue weighted by Crippen LogP contribution is -2.41. The summed E-state index contributed by atoms with van der Waals surface area (Å²) in [5.41, 5.74) is 1.28. The number of carboxylic acids is 1. The molecule has 4 heterocycles. The van der Waals surface area contributed by atoms with Crippen molar-refractivity contribution in [3.8, 4) is 0 Å². The number of nitrogens with one attached hydrogen (secondary N) is 1. The molecule has 0 aromatic carbocycles. The smallest absolute Gasteiger partial charge is 0.475 e. The molecular formula is C22H30F3N7O5. The lowest BCUT2D eigenvalue weighted by Gasteiger charge is -2.26. The predicted molar refractivity (Wildman–Crippen MR) is 124 cm³/mol. The number of carbonyl (C=O) groups is 3. The molecule has 2 aliphatic rings. The molecule has 0 radical (unpaired) electrons. The summed E-state index contributed by atoms with van der Waals surface area (Å²) in [6, 6.07) is 3.59. The summed E-state index contributed by atoms with van der Waals surface area (Å²) in [7, 11) is 3.51. The van der Waals surface area contributed by atoms with E-state index in [4.69, 9.17) is 14.6 Å². The van der Waals surface area contributed by atoms with Gasteiger partial charge in [0.2, 0.25) is 0 Å². The lowest BCUT2D eigenvalue weighted by atomic mass is 10.1. The summed E-state index contributed by atoms with van der Waals surface area (Å²) in [4.78, 5) is 39.5. The zero-order valence-corrected chi connectivity index (χ0v) is 20.6. The van der Waals surface area contributed by atoms with E-state index in [0.717, 1.165) is 45.1 Å². The van der Waals surface area contributed by atoms with Crippen LogP contribution in [0.1, 0.15) is 28.5 Å². The second-order valence-corrected chi connectivity index (χ2v) is 8.83. The van der Waals surface area contributed by atoms with Gasteiger partial charge in [-0.2, -0.15) is 13.2 Å². The van der Waals surface area contributed by atoms with Crippen LogP contribution in [0.2, 0.25) is 0 Å². The molecule has 0 aliphatic carbocycles. The number of halogens is 3. The molecule has 0 saturated carbocycles. The molecule has 2 aromatic rings. The van der Waals surface area contributed by atoms with E-state index in [2.05, 4.69) is 20.4 Å². The third-order valence-corrected chi connectivity index (χ3v) is 5.96. The first-order chi connectivity index (χ1) is 17.5. The van der Waals surface area contributed by atoms with Crippen LogP contribution in [0.5, 0.6) is 0 Å². The number of carboxylic acid groups (broad SMARTS) is 1. The predicted octanol–water partition coefficient (Wildman–Crippen LogP) is 0.896. The molecule has 1 unspecified atom stereocenters. The van der Waals surface area contributed by atoms with E-state index in [0.29, 0.717) is 30.8 Å². The van der Waals surface area contributed by atoms with Crippen molar-refractivity contribution < 1.29 is 37.4 Å². The fraction of sp³-hybridized carbons (Fsp3) is 0.591. The first-order valence-corrected chi connectivity index (χ1v) is 11.7. The maximum absolute atomic E-state index is 12.6. The fourth-order valence-corrected chi connectivity index (χ4v) is 4.00. The summed E-state index contributed by atoms with van der Waals surface area (Å²) in [5, 5.41) is 18.7. The van der Waals surface area contributed by atoms with Gasteiger partial charge in [-0.3, -0.25) is 14.1 Å². The van der Waals surface area contributed by atoms with Crippen LogP contribution in [-0.4, -0.2) is 125 Å². The molecule has 2 fully saturated rings. The van der Waals surface area contributed by atoms with Gasteiger partial charge in [-0.05, 0) is 18.6 Å². The van der Waals surface area contributed by atoms with Gasteiger partial charge in [0.05, 0.1) is 18.8 Å². The van der Waals surface area contributed by atoms with Gasteiger partial charge in [-0.25, -0.2) is 9.59 Å². The maximum Gasteiger partial charge on any atom is 0.490 e. The minimum atomic E-state index is -5.08. The number of hydrogen-bond acceptors (Lipinski definition) is 7. The van der Waals surface area contributed by atoms with Crippen molar-refractivity contribution in [2.24, 2.45) is 0 Å². The SMILES string of the molecule is CN(C)C(=O)N1CCC(c2nnc3ccc(C(=O)NCCN4CCOCC4)cn23)C1.O=C(O)C(F)(F)F. The number of hydrogen-bond donors (Lipinski definition) is 2. The second kappa shape index (κ2) is 12.2. The molecule has 0 spiro atoms. The number of carbonyl (C=O) groups excluding carboxylic acids is 2. The van der Waals surface area contributed by atoms with Crippen LogP contribution in [0.4, 0.5) is 18.0 Å². The Bertz CT molecular complexity index is 1100. The summed E-state index contributed by atoms with van der Waals surface area (Å²) in [6.45, 7) is 6.01. The standard InChI is InChI=1S/C20H29N7O3.C2HF3O2/c1-24(2)20(29)26-7-5-15(13-26)18-23-22-17-4-3-16(14-27(17)18)19(28)21-6-8-25-9-11-30-12-10-25;3-2(4,5)1(6)7/h3-4,14-15H,5-13H2,1-2H3,(H,21,28);(H,6,7). The van der Waals surface area contributed by atoms with Gasteiger partial charge in [-0.1, -0.05) is 0 Å². The Hall–Kier alpha value is -3.46. The summed E-state index contributed by atoms with van der Waals surface area (Å²) in [6.07, 6.45) is -2.46. The molecule has 37 heavy (non-hydrogen) atoms. The lowest BCUT2D eigenvalue weighted by molar-refractivity contribution is -0.192. The molecule has 2 N–H and O–H groups in total. The molecule has 15 heteroatoms. The minimum absolute atomic E-state index is 0.00616. The van der Waals surface area contributed by atoms with Crippen LogP contribution in [0.3, 0.4) is 0 Å². The summed E-state index contributed by atoms with van der Waals surface area (Å²) < 4.78 is 39.0. The minimum Gasteiger partial charge on any atom is -0.475 e. The number of urea groups is 1. The van der Waals surface area contributed by atoms with Crippen molar-refractivity contribution in [1.29, 1.82) is 0 Å². The number of likely N-dealkylation sites (tertiary alicyclic amines) is 1. The van der Waals surface area contributed by atoms with Crippen LogP contribution >= 0.6 is 0 Å². The second-order valence-electron chi connectivity index (χ2n) is 8.83. The number of fused-ring (bicyclic) bond motifs is 1. The molecule has 2 aromatic heterocycles. The topological polar surface area (TPSA) is 133 Å². The Morgan fingerprint density at radius 3 is 2.46 bits per heavy atom. The van der Waals surface area contributed by atoms with Crippen molar-refractivity contribution in [2.75, 3.05) is 66.6 Å². The number of amides is 3. The molecule has 12 nitrogen and oxygen atoms in total. The van der Waals surface area contributed by atoms with Crippen LogP contribution in [0, 0.1) is 0 Å². The largest absolute Gasteiger partial charge is 0.490 e. The third kappa shape index (κ3) is 7.52. The average molecular weight is 530 g/mol. The van der Waals surface area contributed by atoms with Gasteiger partial charge in [0, 0.05) is 65.5 Å². The zero-order valence-electron chi connectivity index (χ0n) is 20.6. The number of nitrogens with zero attached hydrogens (tertiary/aromatic N) is 6. The molecule has 3 amide bonds. The Morgan fingerprint density at radius 1 is 1.16 bits per heavy atom. The van der Waals surface area contributed by atoms with Crippen LogP contribution in [-0.2, 0) is 9.53 Å². The van der Waals surface area contributed by atoms with Gasteiger partial charge in [-0.15, -0.1) is 10.2 Å². The van der Waals surface area contributed by atoms with E-state index in [9.17, 15) is 22.8 Å². The fourth-order valence-electron chi connectivity index (χ4n) is 4.00. The van der Waals surface area contributed by atoms with Crippen molar-refractivity contribution in [3.05, 3.63) is 29.7 Å². The third-order valence-electron chi connectivity index (χ3n) is 5.96. The normalized spacial score (nSPS) is 18.3. The van der Waals surface area contributed by atoms with Crippen LogP contribution < -0.4 is 5.32 Å². The molecule has 4 rings (SSSR count). The number of pyridine rings is 1. The van der Waals surface area contributed by atoms with E-state index >= 15 is 0 Å². The quantitative estimate of drug-likeness (QED) is 0.584. The highest BCUT2D eigenvalue weighted by Crippen LogP contribution is 2.27. The average Bonchev–Trinajstić information content (AvgIpc) is 3.50.